The Morgan fingerprint density at radius 3 is 2.30 bits per heavy atom. The highest BCUT2D eigenvalue weighted by atomic mass is 16.5. The molecule has 1 aromatic heterocycles. The van der Waals surface area contributed by atoms with E-state index in [1.165, 1.54) is 6.07 Å². The number of nitrogens with zero attached hydrogens (tertiary/aromatic N) is 1. The summed E-state index contributed by atoms with van der Waals surface area (Å²) in [4.78, 5) is 24.2. The monoisotopic (exact) mass is 451 g/mol. The Bertz CT molecular complexity index is 1120. The number of hydrogen-bond acceptors (Lipinski definition) is 5. The van der Waals surface area contributed by atoms with Crippen LogP contribution in [0.5, 0.6) is 17.2 Å². The number of carbonyl (C=O) groups is 1. The SMILES string of the molecule is COc1ccc(OCCn2ccc(=O)c(OC(CCc3ccc(C)cc3)C(=O)O)c2C)cc1. The van der Waals surface area contributed by atoms with Gasteiger partial charge in [-0.3, -0.25) is 4.79 Å². The van der Waals surface area contributed by atoms with Crippen LogP contribution in [-0.4, -0.2) is 35.5 Å². The van der Waals surface area contributed by atoms with Crippen LogP contribution in [0, 0.1) is 13.8 Å². The van der Waals surface area contributed by atoms with Crippen LogP contribution in [0.1, 0.15) is 23.2 Å². The average Bonchev–Trinajstić information content (AvgIpc) is 2.81. The van der Waals surface area contributed by atoms with Crippen LogP contribution in [0.25, 0.3) is 0 Å². The molecule has 3 rings (SSSR count). The highest BCUT2D eigenvalue weighted by Gasteiger charge is 2.22. The van der Waals surface area contributed by atoms with Gasteiger partial charge in [-0.2, -0.15) is 0 Å². The molecular weight excluding hydrogens is 422 g/mol. The van der Waals surface area contributed by atoms with Gasteiger partial charge in [-0.1, -0.05) is 29.8 Å². The molecule has 7 heteroatoms. The minimum Gasteiger partial charge on any atom is -0.497 e. The van der Waals surface area contributed by atoms with Crippen LogP contribution in [-0.2, 0) is 17.8 Å². The van der Waals surface area contributed by atoms with Gasteiger partial charge in [0.05, 0.1) is 19.3 Å². The van der Waals surface area contributed by atoms with Crippen LogP contribution in [0.2, 0.25) is 0 Å². The van der Waals surface area contributed by atoms with Gasteiger partial charge in [-0.25, -0.2) is 4.79 Å². The van der Waals surface area contributed by atoms with E-state index in [0.717, 1.165) is 16.9 Å². The van der Waals surface area contributed by atoms with Crippen molar-refractivity contribution in [2.45, 2.75) is 39.3 Å². The molecule has 0 spiro atoms. The summed E-state index contributed by atoms with van der Waals surface area (Å²) in [5.41, 5.74) is 2.37. The lowest BCUT2D eigenvalue weighted by Gasteiger charge is -2.19. The van der Waals surface area contributed by atoms with Gasteiger partial charge in [0, 0.05) is 12.3 Å². The summed E-state index contributed by atoms with van der Waals surface area (Å²) < 4.78 is 18.4. The number of methoxy groups -OCH3 is 1. The molecule has 33 heavy (non-hydrogen) atoms. The van der Waals surface area contributed by atoms with Gasteiger partial charge in [0.15, 0.2) is 11.9 Å². The van der Waals surface area contributed by atoms with Crippen molar-refractivity contribution in [3.8, 4) is 17.2 Å². The summed E-state index contributed by atoms with van der Waals surface area (Å²) in [6, 6.07) is 16.6. The van der Waals surface area contributed by atoms with Crippen molar-refractivity contribution >= 4 is 5.97 Å². The lowest BCUT2D eigenvalue weighted by Crippen LogP contribution is -2.30. The molecule has 0 amide bonds. The summed E-state index contributed by atoms with van der Waals surface area (Å²) >= 11 is 0. The highest BCUT2D eigenvalue weighted by Crippen LogP contribution is 2.19. The maximum absolute atomic E-state index is 12.4. The van der Waals surface area contributed by atoms with Gasteiger partial charge >= 0.3 is 5.97 Å². The molecule has 174 valence electrons. The molecule has 0 saturated carbocycles. The quantitative estimate of drug-likeness (QED) is 0.474. The first-order valence-electron chi connectivity index (χ1n) is 10.8. The maximum Gasteiger partial charge on any atom is 0.344 e. The number of carboxylic acids is 1. The van der Waals surface area contributed by atoms with Crippen LogP contribution >= 0.6 is 0 Å². The second-order valence-corrected chi connectivity index (χ2v) is 7.78. The lowest BCUT2D eigenvalue weighted by molar-refractivity contribution is -0.145. The summed E-state index contributed by atoms with van der Waals surface area (Å²) in [6.45, 7) is 4.57. The second-order valence-electron chi connectivity index (χ2n) is 7.78. The minimum absolute atomic E-state index is 0.0539. The van der Waals surface area contributed by atoms with Crippen molar-refractivity contribution in [1.29, 1.82) is 0 Å². The third-order valence-corrected chi connectivity index (χ3v) is 5.40. The number of rotatable bonds is 11. The fourth-order valence-electron chi connectivity index (χ4n) is 3.40. The van der Waals surface area contributed by atoms with Gasteiger partial charge in [0.25, 0.3) is 0 Å². The largest absolute Gasteiger partial charge is 0.497 e. The molecule has 1 heterocycles. The number of aliphatic carboxylic acids is 1. The van der Waals surface area contributed by atoms with Crippen molar-refractivity contribution in [2.24, 2.45) is 0 Å². The summed E-state index contributed by atoms with van der Waals surface area (Å²) in [5, 5.41) is 9.65. The molecule has 0 aliphatic carbocycles. The first-order chi connectivity index (χ1) is 15.9. The lowest BCUT2D eigenvalue weighted by atomic mass is 10.1. The number of benzene rings is 2. The predicted molar refractivity (Wildman–Crippen MR) is 125 cm³/mol. The Hall–Kier alpha value is -3.74. The number of pyridine rings is 1. The zero-order valence-corrected chi connectivity index (χ0v) is 19.1. The van der Waals surface area contributed by atoms with Gasteiger partial charge in [-0.05, 0) is 56.5 Å². The number of hydrogen-bond donors (Lipinski definition) is 1. The highest BCUT2D eigenvalue weighted by molar-refractivity contribution is 5.72. The molecule has 1 N–H and O–H groups in total. The Morgan fingerprint density at radius 1 is 1.00 bits per heavy atom. The van der Waals surface area contributed by atoms with Gasteiger partial charge in [-0.15, -0.1) is 0 Å². The van der Waals surface area contributed by atoms with Crippen LogP contribution in [0.15, 0.2) is 65.6 Å². The normalized spacial score (nSPS) is 11.6. The summed E-state index contributed by atoms with van der Waals surface area (Å²) in [7, 11) is 1.60. The Kier molecular flexibility index (Phi) is 8.13. The third-order valence-electron chi connectivity index (χ3n) is 5.40. The molecule has 1 atom stereocenters. The van der Waals surface area contributed by atoms with Crippen LogP contribution in [0.3, 0.4) is 0 Å². The van der Waals surface area contributed by atoms with Gasteiger partial charge < -0.3 is 23.9 Å². The zero-order chi connectivity index (χ0) is 23.8. The zero-order valence-electron chi connectivity index (χ0n) is 19.1. The van der Waals surface area contributed by atoms with Gasteiger partial charge in [0.2, 0.25) is 5.43 Å². The second kappa shape index (κ2) is 11.2. The van der Waals surface area contributed by atoms with Crippen molar-refractivity contribution in [1.82, 2.24) is 4.57 Å². The predicted octanol–water partition coefficient (Wildman–Crippen LogP) is 4.02. The fraction of sp³-hybridized carbons (Fsp3) is 0.308. The van der Waals surface area contributed by atoms with E-state index in [4.69, 9.17) is 14.2 Å². The van der Waals surface area contributed by atoms with Crippen molar-refractivity contribution in [3.63, 3.8) is 0 Å². The van der Waals surface area contributed by atoms with Crippen LogP contribution < -0.4 is 19.6 Å². The molecule has 0 aliphatic rings. The Morgan fingerprint density at radius 2 is 1.67 bits per heavy atom. The molecule has 0 radical (unpaired) electrons. The molecule has 2 aromatic carbocycles. The maximum atomic E-state index is 12.4. The molecule has 3 aromatic rings. The third kappa shape index (κ3) is 6.62. The fourth-order valence-corrected chi connectivity index (χ4v) is 3.40. The first-order valence-corrected chi connectivity index (χ1v) is 10.8. The number of aromatic nitrogens is 1. The molecule has 7 nitrogen and oxygen atoms in total. The molecule has 0 bridgehead atoms. The Labute approximate surface area is 193 Å². The van der Waals surface area contributed by atoms with E-state index in [-0.39, 0.29) is 17.6 Å². The summed E-state index contributed by atoms with van der Waals surface area (Å²) in [6.07, 6.45) is 1.33. The topological polar surface area (TPSA) is 87.0 Å². The smallest absolute Gasteiger partial charge is 0.344 e. The number of aryl methyl sites for hydroxylation is 2. The van der Waals surface area contributed by atoms with Gasteiger partial charge in [0.1, 0.15) is 18.1 Å². The molecule has 0 aliphatic heterocycles. The number of carboxylic acid groups (broad SMARTS) is 1. The standard InChI is InChI=1S/C26H29NO6/c1-18-4-6-20(7-5-18)8-13-24(26(29)30)33-25-19(2)27(15-14-23(25)28)16-17-32-22-11-9-21(31-3)10-12-22/h4-7,9-12,14-15,24H,8,13,16-17H2,1-3H3,(H,29,30). The van der Waals surface area contributed by atoms with E-state index in [2.05, 4.69) is 0 Å². The van der Waals surface area contributed by atoms with E-state index in [9.17, 15) is 14.7 Å². The Balaban J connectivity index is 1.65. The van der Waals surface area contributed by atoms with E-state index in [1.807, 2.05) is 60.0 Å². The minimum atomic E-state index is -1.12. The van der Waals surface area contributed by atoms with E-state index in [1.54, 1.807) is 20.2 Å². The molecule has 0 saturated heterocycles. The van der Waals surface area contributed by atoms with Crippen molar-refractivity contribution in [2.75, 3.05) is 13.7 Å². The van der Waals surface area contributed by atoms with E-state index < -0.39 is 12.1 Å². The average molecular weight is 452 g/mol. The molecule has 0 fully saturated rings. The van der Waals surface area contributed by atoms with Crippen LogP contribution in [0.4, 0.5) is 0 Å². The molecule has 1 unspecified atom stereocenters. The van der Waals surface area contributed by atoms with Crippen molar-refractivity contribution < 1.29 is 24.1 Å². The summed E-state index contributed by atoms with van der Waals surface area (Å²) in [5.74, 6) is 0.404. The van der Waals surface area contributed by atoms with Crippen molar-refractivity contribution in [3.05, 3.63) is 87.8 Å². The number of ether oxygens (including phenoxy) is 3. The first kappa shape index (κ1) is 23.9. The van der Waals surface area contributed by atoms with E-state index >= 15 is 0 Å². The van der Waals surface area contributed by atoms with E-state index in [0.29, 0.717) is 31.0 Å². The molecular formula is C26H29NO6.